The van der Waals surface area contributed by atoms with E-state index in [4.69, 9.17) is 4.74 Å². The highest BCUT2D eigenvalue weighted by Crippen LogP contribution is 2.26. The highest BCUT2D eigenvalue weighted by atomic mass is 19.1. The monoisotopic (exact) mass is 375 g/mol. The average Bonchev–Trinajstić information content (AvgIpc) is 3.07. The van der Waals surface area contributed by atoms with Gasteiger partial charge in [-0.05, 0) is 48.5 Å². The molecule has 0 unspecified atom stereocenters. The van der Waals surface area contributed by atoms with Gasteiger partial charge in [-0.3, -0.25) is 4.79 Å². The zero-order valence-electron chi connectivity index (χ0n) is 15.2. The molecule has 0 aliphatic heterocycles. The van der Waals surface area contributed by atoms with Gasteiger partial charge in [0.05, 0.1) is 23.8 Å². The first-order valence-corrected chi connectivity index (χ1v) is 8.80. The van der Waals surface area contributed by atoms with Crippen molar-refractivity contribution in [2.24, 2.45) is 0 Å². The van der Waals surface area contributed by atoms with Crippen molar-refractivity contribution in [2.45, 2.75) is 6.54 Å². The second-order valence-corrected chi connectivity index (χ2v) is 6.27. The summed E-state index contributed by atoms with van der Waals surface area (Å²) in [5, 5.41) is 2.88. The van der Waals surface area contributed by atoms with Crippen LogP contribution in [0, 0.1) is 5.82 Å². The van der Waals surface area contributed by atoms with Crippen LogP contribution in [0.1, 0.15) is 0 Å². The fourth-order valence-corrected chi connectivity index (χ4v) is 3.14. The third-order valence-corrected chi connectivity index (χ3v) is 4.44. The van der Waals surface area contributed by atoms with Gasteiger partial charge in [0.25, 0.3) is 0 Å². The Morgan fingerprint density at radius 2 is 1.75 bits per heavy atom. The Morgan fingerprint density at radius 1 is 1.04 bits per heavy atom. The topological polar surface area (TPSA) is 56.1 Å². The van der Waals surface area contributed by atoms with Crippen LogP contribution < -0.4 is 10.1 Å². The van der Waals surface area contributed by atoms with Crippen LogP contribution in [0.2, 0.25) is 0 Å². The number of hydrogen-bond acceptors (Lipinski definition) is 3. The van der Waals surface area contributed by atoms with Crippen molar-refractivity contribution in [3.05, 3.63) is 78.6 Å². The lowest BCUT2D eigenvalue weighted by molar-refractivity contribution is -0.116. The smallest absolute Gasteiger partial charge is 0.244 e. The molecule has 0 fully saturated rings. The Balaban J connectivity index is 1.70. The molecule has 0 spiro atoms. The SMILES string of the molecule is COc1ccccc1NC(=O)Cn1c(-c2ccc(F)cc2)nc2ccccc21. The number of rotatable bonds is 5. The third kappa shape index (κ3) is 3.44. The van der Waals surface area contributed by atoms with Crippen LogP contribution in [-0.4, -0.2) is 22.6 Å². The predicted molar refractivity (Wildman–Crippen MR) is 107 cm³/mol. The van der Waals surface area contributed by atoms with E-state index in [0.29, 0.717) is 17.3 Å². The van der Waals surface area contributed by atoms with E-state index in [0.717, 1.165) is 16.6 Å². The van der Waals surface area contributed by atoms with Gasteiger partial charge >= 0.3 is 0 Å². The maximum Gasteiger partial charge on any atom is 0.244 e. The molecule has 0 bridgehead atoms. The summed E-state index contributed by atoms with van der Waals surface area (Å²) < 4.78 is 20.4. The quantitative estimate of drug-likeness (QED) is 0.559. The maximum atomic E-state index is 13.3. The summed E-state index contributed by atoms with van der Waals surface area (Å²) in [7, 11) is 1.56. The highest BCUT2D eigenvalue weighted by Gasteiger charge is 2.16. The van der Waals surface area contributed by atoms with Gasteiger partial charge in [0.2, 0.25) is 5.91 Å². The molecule has 4 aromatic rings. The average molecular weight is 375 g/mol. The second kappa shape index (κ2) is 7.52. The molecule has 1 N–H and O–H groups in total. The molecule has 0 saturated heterocycles. The molecule has 5 nitrogen and oxygen atoms in total. The normalized spacial score (nSPS) is 10.8. The van der Waals surface area contributed by atoms with Crippen LogP contribution in [0.3, 0.4) is 0 Å². The number of amides is 1. The molecule has 28 heavy (non-hydrogen) atoms. The van der Waals surface area contributed by atoms with Crippen LogP contribution >= 0.6 is 0 Å². The van der Waals surface area contributed by atoms with E-state index in [1.807, 2.05) is 41.0 Å². The van der Waals surface area contributed by atoms with E-state index in [9.17, 15) is 9.18 Å². The first-order chi connectivity index (χ1) is 13.7. The van der Waals surface area contributed by atoms with Crippen LogP contribution in [0.15, 0.2) is 72.8 Å². The van der Waals surface area contributed by atoms with Gasteiger partial charge in [0.1, 0.15) is 23.9 Å². The molecule has 0 saturated carbocycles. The van der Waals surface area contributed by atoms with Gasteiger partial charge in [-0.15, -0.1) is 0 Å². The molecule has 1 heterocycles. The lowest BCUT2D eigenvalue weighted by atomic mass is 10.2. The van der Waals surface area contributed by atoms with Crippen LogP contribution in [0.4, 0.5) is 10.1 Å². The van der Waals surface area contributed by atoms with E-state index < -0.39 is 0 Å². The Hall–Kier alpha value is -3.67. The number of carbonyl (C=O) groups is 1. The van der Waals surface area contributed by atoms with E-state index in [1.54, 1.807) is 31.4 Å². The zero-order valence-corrected chi connectivity index (χ0v) is 15.2. The van der Waals surface area contributed by atoms with Crippen molar-refractivity contribution in [1.29, 1.82) is 0 Å². The number of carbonyl (C=O) groups excluding carboxylic acids is 1. The summed E-state index contributed by atoms with van der Waals surface area (Å²) >= 11 is 0. The molecule has 1 aromatic heterocycles. The van der Waals surface area contributed by atoms with Crippen molar-refractivity contribution in [1.82, 2.24) is 9.55 Å². The predicted octanol–water partition coefficient (Wildman–Crippen LogP) is 4.49. The summed E-state index contributed by atoms with van der Waals surface area (Å²) in [5.41, 5.74) is 2.94. The standard InChI is InChI=1S/C22H18FN3O2/c1-28-20-9-5-3-7-18(20)24-21(27)14-26-19-8-4-2-6-17(19)25-22(26)15-10-12-16(23)13-11-15/h2-13H,14H2,1H3,(H,24,27). The van der Waals surface area contributed by atoms with Gasteiger partial charge in [-0.2, -0.15) is 0 Å². The Labute approximate surface area is 161 Å². The Morgan fingerprint density at radius 3 is 2.54 bits per heavy atom. The Kier molecular flexibility index (Phi) is 4.76. The van der Waals surface area contributed by atoms with Gasteiger partial charge in [-0.25, -0.2) is 9.37 Å². The molecular formula is C22H18FN3O2. The lowest BCUT2D eigenvalue weighted by Gasteiger charge is -2.12. The molecule has 6 heteroatoms. The molecule has 0 radical (unpaired) electrons. The van der Waals surface area contributed by atoms with E-state index in [-0.39, 0.29) is 18.3 Å². The molecular weight excluding hydrogens is 357 g/mol. The minimum atomic E-state index is -0.319. The van der Waals surface area contributed by atoms with E-state index >= 15 is 0 Å². The maximum absolute atomic E-state index is 13.3. The number of fused-ring (bicyclic) bond motifs is 1. The number of aromatic nitrogens is 2. The largest absolute Gasteiger partial charge is 0.495 e. The minimum absolute atomic E-state index is 0.0608. The number of benzene rings is 3. The first kappa shape index (κ1) is 17.7. The molecule has 0 aliphatic rings. The van der Waals surface area contributed by atoms with Crippen molar-refractivity contribution in [3.63, 3.8) is 0 Å². The number of methoxy groups -OCH3 is 1. The summed E-state index contributed by atoms with van der Waals surface area (Å²) in [6, 6.07) is 20.9. The number of nitrogens with zero attached hydrogens (tertiary/aromatic N) is 2. The fourth-order valence-electron chi connectivity index (χ4n) is 3.14. The van der Waals surface area contributed by atoms with Gasteiger partial charge in [0.15, 0.2) is 0 Å². The highest BCUT2D eigenvalue weighted by molar-refractivity contribution is 5.93. The number of anilines is 1. The summed E-state index contributed by atoms with van der Waals surface area (Å²) in [5.74, 6) is 0.665. The number of hydrogen-bond donors (Lipinski definition) is 1. The van der Waals surface area contributed by atoms with Crippen molar-refractivity contribution < 1.29 is 13.9 Å². The van der Waals surface area contributed by atoms with Crippen LogP contribution in [-0.2, 0) is 11.3 Å². The molecule has 0 aliphatic carbocycles. The van der Waals surface area contributed by atoms with Crippen LogP contribution in [0.25, 0.3) is 22.4 Å². The Bertz CT molecular complexity index is 1140. The molecule has 0 atom stereocenters. The first-order valence-electron chi connectivity index (χ1n) is 8.80. The fraction of sp³-hybridized carbons (Fsp3) is 0.0909. The van der Waals surface area contributed by atoms with Crippen LogP contribution in [0.5, 0.6) is 5.75 Å². The van der Waals surface area contributed by atoms with Gasteiger partial charge < -0.3 is 14.6 Å². The number of ether oxygens (including phenoxy) is 1. The minimum Gasteiger partial charge on any atom is -0.495 e. The lowest BCUT2D eigenvalue weighted by Crippen LogP contribution is -2.19. The van der Waals surface area contributed by atoms with Crippen molar-refractivity contribution in [2.75, 3.05) is 12.4 Å². The summed E-state index contributed by atoms with van der Waals surface area (Å²) in [4.78, 5) is 17.4. The van der Waals surface area contributed by atoms with E-state index in [2.05, 4.69) is 10.3 Å². The second-order valence-electron chi connectivity index (χ2n) is 6.27. The summed E-state index contributed by atoms with van der Waals surface area (Å²) in [6.07, 6.45) is 0. The van der Waals surface area contributed by atoms with Gasteiger partial charge in [0, 0.05) is 5.56 Å². The number of nitrogens with one attached hydrogen (secondary N) is 1. The zero-order chi connectivity index (χ0) is 19.5. The molecule has 140 valence electrons. The number of para-hydroxylation sites is 4. The van der Waals surface area contributed by atoms with E-state index in [1.165, 1.54) is 12.1 Å². The molecule has 1 amide bonds. The van der Waals surface area contributed by atoms with Crippen molar-refractivity contribution >= 4 is 22.6 Å². The van der Waals surface area contributed by atoms with Crippen molar-refractivity contribution in [3.8, 4) is 17.1 Å². The molecule has 4 rings (SSSR count). The summed E-state index contributed by atoms with van der Waals surface area (Å²) in [6.45, 7) is 0.0608. The molecule has 3 aromatic carbocycles. The van der Waals surface area contributed by atoms with Gasteiger partial charge in [-0.1, -0.05) is 24.3 Å². The third-order valence-electron chi connectivity index (χ3n) is 4.44. The number of halogens is 1. The number of imidazole rings is 1.